The summed E-state index contributed by atoms with van der Waals surface area (Å²) in [5.74, 6) is 1.89. The fourth-order valence-electron chi connectivity index (χ4n) is 3.45. The van der Waals surface area contributed by atoms with E-state index in [4.69, 9.17) is 8.83 Å². The average Bonchev–Trinajstić information content (AvgIpc) is 3.23. The summed E-state index contributed by atoms with van der Waals surface area (Å²) in [5, 5.41) is 14.2. The highest BCUT2D eigenvalue weighted by atomic mass is 16.3. The maximum Gasteiger partial charge on any atom is 0.289 e. The Morgan fingerprint density at radius 3 is 2.68 bits per heavy atom. The van der Waals surface area contributed by atoms with Crippen LogP contribution in [-0.2, 0) is 5.60 Å². The van der Waals surface area contributed by atoms with Crippen LogP contribution in [0.4, 0.5) is 0 Å². The molecule has 0 spiro atoms. The van der Waals surface area contributed by atoms with Gasteiger partial charge in [-0.1, -0.05) is 0 Å². The number of aliphatic hydroxyl groups is 1. The Hall–Kier alpha value is -2.05. The second-order valence-electron chi connectivity index (χ2n) is 7.03. The third-order valence-corrected chi connectivity index (χ3v) is 4.87. The van der Waals surface area contributed by atoms with E-state index >= 15 is 0 Å². The maximum atomic E-state index is 12.3. The van der Waals surface area contributed by atoms with E-state index in [-0.39, 0.29) is 11.9 Å². The number of hydrogen-bond acceptors (Lipinski definition) is 5. The van der Waals surface area contributed by atoms with E-state index in [1.807, 2.05) is 24.8 Å². The van der Waals surface area contributed by atoms with Crippen molar-refractivity contribution in [3.05, 3.63) is 47.3 Å². The van der Waals surface area contributed by atoms with Gasteiger partial charge in [0.05, 0.1) is 6.26 Å². The molecule has 1 amide bonds. The molecule has 1 atom stereocenters. The van der Waals surface area contributed by atoms with Crippen molar-refractivity contribution < 1.29 is 18.7 Å². The highest BCUT2D eigenvalue weighted by molar-refractivity contribution is 5.91. The standard InChI is InChI=1S/C19H26N2O4/c1-13-11-16(14(2)25-13)19(3,23)12-20-15-6-8-21(9-7-15)18(22)17-5-4-10-24-17/h4-5,10-11,15,20,23H,6-9,12H2,1-3H3. The summed E-state index contributed by atoms with van der Waals surface area (Å²) in [6.45, 7) is 7.37. The molecule has 3 heterocycles. The molecular weight excluding hydrogens is 320 g/mol. The number of rotatable bonds is 5. The molecule has 2 aromatic rings. The quantitative estimate of drug-likeness (QED) is 0.870. The van der Waals surface area contributed by atoms with Gasteiger partial charge in [-0.2, -0.15) is 0 Å². The molecular formula is C19H26N2O4. The normalized spacial score (nSPS) is 18.3. The van der Waals surface area contributed by atoms with Crippen LogP contribution in [0.2, 0.25) is 0 Å². The first-order valence-electron chi connectivity index (χ1n) is 8.73. The molecule has 1 fully saturated rings. The predicted octanol–water partition coefficient (Wildman–Crippen LogP) is 2.59. The zero-order chi connectivity index (χ0) is 18.0. The molecule has 1 saturated heterocycles. The van der Waals surface area contributed by atoms with Crippen LogP contribution in [0, 0.1) is 13.8 Å². The van der Waals surface area contributed by atoms with Crippen LogP contribution in [0.25, 0.3) is 0 Å². The first-order chi connectivity index (χ1) is 11.9. The molecule has 0 bridgehead atoms. The lowest BCUT2D eigenvalue weighted by Gasteiger charge is -2.34. The Morgan fingerprint density at radius 2 is 2.12 bits per heavy atom. The SMILES string of the molecule is Cc1cc(C(C)(O)CNC2CCN(C(=O)c3ccco3)CC2)c(C)o1. The molecule has 0 aliphatic carbocycles. The predicted molar refractivity (Wildman–Crippen MR) is 93.4 cm³/mol. The summed E-state index contributed by atoms with van der Waals surface area (Å²) in [7, 11) is 0. The van der Waals surface area contributed by atoms with Gasteiger partial charge in [0, 0.05) is 31.2 Å². The number of carbonyl (C=O) groups is 1. The van der Waals surface area contributed by atoms with E-state index in [9.17, 15) is 9.90 Å². The van der Waals surface area contributed by atoms with Gasteiger partial charge in [0.2, 0.25) is 0 Å². The van der Waals surface area contributed by atoms with Crippen LogP contribution < -0.4 is 5.32 Å². The molecule has 1 unspecified atom stereocenters. The smallest absolute Gasteiger partial charge is 0.289 e. The lowest BCUT2D eigenvalue weighted by Crippen LogP contribution is -2.48. The van der Waals surface area contributed by atoms with E-state index in [0.29, 0.717) is 25.4 Å². The van der Waals surface area contributed by atoms with Crippen LogP contribution in [0.1, 0.15) is 47.4 Å². The van der Waals surface area contributed by atoms with Crippen molar-refractivity contribution in [1.82, 2.24) is 10.2 Å². The number of nitrogens with one attached hydrogen (secondary N) is 1. The fraction of sp³-hybridized carbons (Fsp3) is 0.526. The first kappa shape index (κ1) is 17.8. The topological polar surface area (TPSA) is 78.9 Å². The van der Waals surface area contributed by atoms with Crippen LogP contribution >= 0.6 is 0 Å². The highest BCUT2D eigenvalue weighted by Crippen LogP contribution is 2.27. The molecule has 3 rings (SSSR count). The minimum Gasteiger partial charge on any atom is -0.466 e. The molecule has 0 aromatic carbocycles. The van der Waals surface area contributed by atoms with Crippen LogP contribution in [0.15, 0.2) is 33.3 Å². The largest absolute Gasteiger partial charge is 0.466 e. The van der Waals surface area contributed by atoms with Gasteiger partial charge in [-0.15, -0.1) is 0 Å². The third kappa shape index (κ3) is 3.96. The number of furan rings is 2. The summed E-state index contributed by atoms with van der Waals surface area (Å²) in [4.78, 5) is 14.1. The third-order valence-electron chi connectivity index (χ3n) is 4.87. The number of hydrogen-bond donors (Lipinski definition) is 2. The van der Waals surface area contributed by atoms with Crippen molar-refractivity contribution in [2.75, 3.05) is 19.6 Å². The first-order valence-corrected chi connectivity index (χ1v) is 8.73. The van der Waals surface area contributed by atoms with Crippen molar-refractivity contribution >= 4 is 5.91 Å². The Morgan fingerprint density at radius 1 is 1.40 bits per heavy atom. The second kappa shape index (κ2) is 7.06. The molecule has 2 N–H and O–H groups in total. The molecule has 0 radical (unpaired) electrons. The lowest BCUT2D eigenvalue weighted by atomic mass is 9.95. The van der Waals surface area contributed by atoms with Gasteiger partial charge in [-0.3, -0.25) is 4.79 Å². The van der Waals surface area contributed by atoms with Gasteiger partial charge in [0.25, 0.3) is 5.91 Å². The summed E-state index contributed by atoms with van der Waals surface area (Å²) >= 11 is 0. The summed E-state index contributed by atoms with van der Waals surface area (Å²) in [6, 6.07) is 5.59. The van der Waals surface area contributed by atoms with E-state index in [2.05, 4.69) is 5.32 Å². The van der Waals surface area contributed by atoms with Crippen molar-refractivity contribution in [2.45, 2.75) is 45.3 Å². The van der Waals surface area contributed by atoms with Gasteiger partial charge in [0.15, 0.2) is 5.76 Å². The van der Waals surface area contributed by atoms with Crippen molar-refractivity contribution in [2.24, 2.45) is 0 Å². The zero-order valence-corrected chi connectivity index (χ0v) is 15.0. The maximum absolute atomic E-state index is 12.3. The van der Waals surface area contributed by atoms with Crippen LogP contribution in [-0.4, -0.2) is 41.6 Å². The molecule has 25 heavy (non-hydrogen) atoms. The van der Waals surface area contributed by atoms with Gasteiger partial charge >= 0.3 is 0 Å². The molecule has 1 aliphatic heterocycles. The van der Waals surface area contributed by atoms with Gasteiger partial charge in [0.1, 0.15) is 17.1 Å². The molecule has 6 nitrogen and oxygen atoms in total. The van der Waals surface area contributed by atoms with Crippen LogP contribution in [0.3, 0.4) is 0 Å². The summed E-state index contributed by atoms with van der Waals surface area (Å²) in [6.07, 6.45) is 3.22. The number of piperidine rings is 1. The van der Waals surface area contributed by atoms with Gasteiger partial charge < -0.3 is 24.2 Å². The van der Waals surface area contributed by atoms with Crippen LogP contribution in [0.5, 0.6) is 0 Å². The molecule has 6 heteroatoms. The molecule has 136 valence electrons. The average molecular weight is 346 g/mol. The summed E-state index contributed by atoms with van der Waals surface area (Å²) in [5.41, 5.74) is -0.161. The number of likely N-dealkylation sites (tertiary alicyclic amines) is 1. The number of carbonyl (C=O) groups excluding carboxylic acids is 1. The Kier molecular flexibility index (Phi) is 5.01. The summed E-state index contributed by atoms with van der Waals surface area (Å²) < 4.78 is 10.7. The van der Waals surface area contributed by atoms with E-state index in [1.165, 1.54) is 6.26 Å². The minimum atomic E-state index is -0.983. The van der Waals surface area contributed by atoms with Crippen molar-refractivity contribution in [3.63, 3.8) is 0 Å². The second-order valence-corrected chi connectivity index (χ2v) is 7.03. The Bertz CT molecular complexity index is 710. The molecule has 2 aromatic heterocycles. The zero-order valence-electron chi connectivity index (χ0n) is 15.0. The molecule has 1 aliphatic rings. The van der Waals surface area contributed by atoms with Gasteiger partial charge in [-0.25, -0.2) is 0 Å². The highest BCUT2D eigenvalue weighted by Gasteiger charge is 2.30. The van der Waals surface area contributed by atoms with E-state index in [0.717, 1.165) is 29.9 Å². The van der Waals surface area contributed by atoms with E-state index < -0.39 is 5.60 Å². The van der Waals surface area contributed by atoms with E-state index in [1.54, 1.807) is 19.1 Å². The molecule has 0 saturated carbocycles. The Labute approximate surface area is 147 Å². The number of aryl methyl sites for hydroxylation is 2. The number of amides is 1. The number of nitrogens with zero attached hydrogens (tertiary/aromatic N) is 1. The minimum absolute atomic E-state index is 0.0556. The van der Waals surface area contributed by atoms with Gasteiger partial charge in [-0.05, 0) is 51.8 Å². The monoisotopic (exact) mass is 346 g/mol. The van der Waals surface area contributed by atoms with Crippen molar-refractivity contribution in [1.29, 1.82) is 0 Å². The fourth-order valence-corrected chi connectivity index (χ4v) is 3.45. The lowest BCUT2D eigenvalue weighted by molar-refractivity contribution is 0.0464. The van der Waals surface area contributed by atoms with Crippen molar-refractivity contribution in [3.8, 4) is 0 Å². The Balaban J connectivity index is 1.51.